The van der Waals surface area contributed by atoms with Crippen molar-refractivity contribution in [2.24, 2.45) is 0 Å². The van der Waals surface area contributed by atoms with E-state index in [0.29, 0.717) is 11.4 Å². The topological polar surface area (TPSA) is 46.9 Å². The first kappa shape index (κ1) is 16.7. The van der Waals surface area contributed by atoms with E-state index in [-0.39, 0.29) is 11.7 Å². The van der Waals surface area contributed by atoms with Gasteiger partial charge in [0.15, 0.2) is 5.82 Å². The summed E-state index contributed by atoms with van der Waals surface area (Å²) in [5.41, 5.74) is 0.757. The van der Waals surface area contributed by atoms with Crippen LogP contribution in [0.1, 0.15) is 0 Å². The highest BCUT2D eigenvalue weighted by molar-refractivity contribution is 9.10. The number of nitrogens with one attached hydrogen (secondary N) is 1. The van der Waals surface area contributed by atoms with Crippen LogP contribution in [-0.2, 0) is 4.79 Å². The van der Waals surface area contributed by atoms with Crippen molar-refractivity contribution in [3.05, 3.63) is 71.2 Å². The molecule has 0 aliphatic rings. The first-order valence-electron chi connectivity index (χ1n) is 7.09. The Labute approximate surface area is 151 Å². The lowest BCUT2D eigenvalue weighted by molar-refractivity contribution is -0.113. The maximum atomic E-state index is 14.1. The van der Waals surface area contributed by atoms with Gasteiger partial charge in [0.1, 0.15) is 5.69 Å². The van der Waals surface area contributed by atoms with Crippen molar-refractivity contribution < 1.29 is 9.18 Å². The van der Waals surface area contributed by atoms with Gasteiger partial charge in [-0.2, -0.15) is 5.10 Å². The summed E-state index contributed by atoms with van der Waals surface area (Å²) in [5.74, 6) is -0.379. The second-order valence-electron chi connectivity index (χ2n) is 4.91. The molecule has 2 aromatic carbocycles. The molecule has 4 nitrogen and oxygen atoms in total. The van der Waals surface area contributed by atoms with Crippen LogP contribution >= 0.6 is 27.7 Å². The second-order valence-corrected chi connectivity index (χ2v) is 6.87. The molecule has 1 heterocycles. The summed E-state index contributed by atoms with van der Waals surface area (Å²) < 4.78 is 16.6. The molecule has 0 bridgehead atoms. The third-order valence-electron chi connectivity index (χ3n) is 3.17. The number of carbonyl (C=O) groups excluding carboxylic acids is 1. The van der Waals surface area contributed by atoms with Crippen LogP contribution in [0.25, 0.3) is 5.69 Å². The maximum Gasteiger partial charge on any atom is 0.234 e. The molecular formula is C17H13BrFN3OS. The quantitative estimate of drug-likeness (QED) is 0.635. The number of hydrogen-bond donors (Lipinski definition) is 1. The molecule has 0 aliphatic heterocycles. The van der Waals surface area contributed by atoms with Gasteiger partial charge in [0.05, 0.1) is 5.75 Å². The number of aromatic nitrogens is 2. The Morgan fingerprint density at radius 3 is 2.71 bits per heavy atom. The highest BCUT2D eigenvalue weighted by atomic mass is 79.9. The number of nitrogens with zero attached hydrogens (tertiary/aromatic N) is 2. The molecule has 7 heteroatoms. The minimum Gasteiger partial charge on any atom is -0.325 e. The van der Waals surface area contributed by atoms with E-state index in [1.807, 2.05) is 24.3 Å². The van der Waals surface area contributed by atoms with Crippen LogP contribution in [0.3, 0.4) is 0 Å². The number of halogens is 2. The molecule has 24 heavy (non-hydrogen) atoms. The Balaban J connectivity index is 1.60. The molecule has 122 valence electrons. The highest BCUT2D eigenvalue weighted by Gasteiger charge is 2.08. The van der Waals surface area contributed by atoms with Gasteiger partial charge in [-0.1, -0.05) is 15.9 Å². The third-order valence-corrected chi connectivity index (χ3v) is 4.71. The van der Waals surface area contributed by atoms with Crippen molar-refractivity contribution in [3.8, 4) is 5.69 Å². The Kier molecular flexibility index (Phi) is 5.32. The van der Waals surface area contributed by atoms with Gasteiger partial charge in [0, 0.05) is 27.4 Å². The van der Waals surface area contributed by atoms with Crippen LogP contribution in [0, 0.1) is 5.82 Å². The SMILES string of the molecule is O=C(CSc1ccc(Br)cc1)Nc1ccc(-n2cccn2)c(F)c1. The zero-order valence-corrected chi connectivity index (χ0v) is 14.8. The second kappa shape index (κ2) is 7.63. The van der Waals surface area contributed by atoms with Gasteiger partial charge in [-0.15, -0.1) is 11.8 Å². The van der Waals surface area contributed by atoms with Crippen molar-refractivity contribution in [1.82, 2.24) is 9.78 Å². The minimum absolute atomic E-state index is 0.186. The first-order valence-corrected chi connectivity index (χ1v) is 8.87. The molecule has 1 amide bonds. The first-order chi connectivity index (χ1) is 11.6. The molecule has 0 radical (unpaired) electrons. The Bertz CT molecular complexity index is 838. The van der Waals surface area contributed by atoms with E-state index >= 15 is 0 Å². The van der Waals surface area contributed by atoms with E-state index < -0.39 is 5.82 Å². The number of rotatable bonds is 5. The van der Waals surface area contributed by atoms with Gasteiger partial charge >= 0.3 is 0 Å². The molecule has 0 spiro atoms. The molecular weight excluding hydrogens is 393 g/mol. The maximum absolute atomic E-state index is 14.1. The summed E-state index contributed by atoms with van der Waals surface area (Å²) in [6.07, 6.45) is 3.24. The summed E-state index contributed by atoms with van der Waals surface area (Å²) in [4.78, 5) is 13.0. The monoisotopic (exact) mass is 405 g/mol. The average molecular weight is 406 g/mol. The predicted octanol–water partition coefficient (Wildman–Crippen LogP) is 4.50. The highest BCUT2D eigenvalue weighted by Crippen LogP contribution is 2.22. The fourth-order valence-electron chi connectivity index (χ4n) is 2.06. The van der Waals surface area contributed by atoms with Crippen molar-refractivity contribution in [2.75, 3.05) is 11.1 Å². The number of thioether (sulfide) groups is 1. The van der Waals surface area contributed by atoms with Gasteiger partial charge in [-0.25, -0.2) is 9.07 Å². The summed E-state index contributed by atoms with van der Waals surface area (Å²) in [6, 6.07) is 13.9. The summed E-state index contributed by atoms with van der Waals surface area (Å²) in [5, 5.41) is 6.69. The van der Waals surface area contributed by atoms with Gasteiger partial charge in [0.2, 0.25) is 5.91 Å². The van der Waals surface area contributed by atoms with Gasteiger partial charge < -0.3 is 5.32 Å². The minimum atomic E-state index is -0.447. The summed E-state index contributed by atoms with van der Waals surface area (Å²) >= 11 is 4.79. The van der Waals surface area contributed by atoms with E-state index in [1.54, 1.807) is 30.6 Å². The van der Waals surface area contributed by atoms with E-state index in [0.717, 1.165) is 9.37 Å². The van der Waals surface area contributed by atoms with Crippen LogP contribution in [-0.4, -0.2) is 21.4 Å². The summed E-state index contributed by atoms with van der Waals surface area (Å²) in [7, 11) is 0. The molecule has 0 fully saturated rings. The van der Waals surface area contributed by atoms with Crippen LogP contribution in [0.15, 0.2) is 70.3 Å². The number of hydrogen-bond acceptors (Lipinski definition) is 3. The van der Waals surface area contributed by atoms with Crippen molar-refractivity contribution >= 4 is 39.3 Å². The number of carbonyl (C=O) groups is 1. The van der Waals surface area contributed by atoms with E-state index in [1.165, 1.54) is 22.5 Å². The van der Waals surface area contributed by atoms with E-state index in [4.69, 9.17) is 0 Å². The normalized spacial score (nSPS) is 10.6. The fraction of sp³-hybridized carbons (Fsp3) is 0.0588. The van der Waals surface area contributed by atoms with E-state index in [9.17, 15) is 9.18 Å². The molecule has 3 aromatic rings. The average Bonchev–Trinajstić information content (AvgIpc) is 3.09. The number of amides is 1. The standard InChI is InChI=1S/C17H13BrFN3OS/c18-12-2-5-14(6-3-12)24-11-17(23)21-13-4-7-16(15(19)10-13)22-9-1-8-20-22/h1-10H,11H2,(H,21,23). The number of anilines is 1. The molecule has 0 aliphatic carbocycles. The van der Waals surface area contributed by atoms with Gasteiger partial charge in [0.25, 0.3) is 0 Å². The smallest absolute Gasteiger partial charge is 0.234 e. The summed E-state index contributed by atoms with van der Waals surface area (Å²) in [6.45, 7) is 0. The molecule has 0 saturated carbocycles. The van der Waals surface area contributed by atoms with Gasteiger partial charge in [-0.3, -0.25) is 4.79 Å². The van der Waals surface area contributed by atoms with Gasteiger partial charge in [-0.05, 0) is 48.5 Å². The molecule has 0 unspecified atom stereocenters. The fourth-order valence-corrected chi connectivity index (χ4v) is 3.02. The zero-order valence-electron chi connectivity index (χ0n) is 12.4. The number of benzene rings is 2. The lowest BCUT2D eigenvalue weighted by Gasteiger charge is -2.08. The Morgan fingerprint density at radius 1 is 1.25 bits per heavy atom. The van der Waals surface area contributed by atoms with Crippen LogP contribution in [0.4, 0.5) is 10.1 Å². The predicted molar refractivity (Wildman–Crippen MR) is 97.0 cm³/mol. The van der Waals surface area contributed by atoms with Crippen molar-refractivity contribution in [3.63, 3.8) is 0 Å². The molecule has 3 rings (SSSR count). The van der Waals surface area contributed by atoms with Crippen LogP contribution in [0.5, 0.6) is 0 Å². The lowest BCUT2D eigenvalue weighted by atomic mass is 10.2. The Hall–Kier alpha value is -2.12. The molecule has 0 saturated heterocycles. The molecule has 0 atom stereocenters. The largest absolute Gasteiger partial charge is 0.325 e. The zero-order chi connectivity index (χ0) is 16.9. The van der Waals surface area contributed by atoms with Crippen LogP contribution < -0.4 is 5.32 Å². The van der Waals surface area contributed by atoms with Crippen molar-refractivity contribution in [2.45, 2.75) is 4.90 Å². The lowest BCUT2D eigenvalue weighted by Crippen LogP contribution is -2.14. The molecule has 1 aromatic heterocycles. The van der Waals surface area contributed by atoms with Crippen molar-refractivity contribution in [1.29, 1.82) is 0 Å². The Morgan fingerprint density at radius 2 is 2.04 bits per heavy atom. The van der Waals surface area contributed by atoms with Crippen LogP contribution in [0.2, 0.25) is 0 Å². The third kappa shape index (κ3) is 4.24. The molecule has 1 N–H and O–H groups in total. The van der Waals surface area contributed by atoms with E-state index in [2.05, 4.69) is 26.3 Å².